The lowest BCUT2D eigenvalue weighted by atomic mass is 9.55. The molecule has 5 rings (SSSR count). The predicted octanol–water partition coefficient (Wildman–Crippen LogP) is 0.309. The Labute approximate surface area is 253 Å². The summed E-state index contributed by atoms with van der Waals surface area (Å²) in [5.74, 6) is 1.63. The number of aliphatic hydroxyl groups is 4. The number of thiol groups is 1. The van der Waals surface area contributed by atoms with Crippen molar-refractivity contribution in [2.75, 3.05) is 0 Å². The maximum atomic E-state index is 12.3. The molecule has 0 spiro atoms. The maximum absolute atomic E-state index is 12.3. The molecule has 0 bridgehead atoms. The van der Waals surface area contributed by atoms with Gasteiger partial charge in [-0.3, -0.25) is 14.4 Å². The Morgan fingerprint density at radius 2 is 1.86 bits per heavy atom. The molecule has 0 radical (unpaired) electrons. The minimum atomic E-state index is -2.76. The first-order valence-electron chi connectivity index (χ1n) is 14.1. The molecule has 0 aromatic heterocycles. The van der Waals surface area contributed by atoms with Crippen LogP contribution in [0.25, 0.3) is 0 Å². The standard InChI is InChI=1S/C18H22O2.C11H18N2O7S2/c1-18-9-8-14-13-5-3-12(19)10-11(13)2-4-15(14)16(18)6-7-17(18)20;1-4(15)11(20,21)10(19,5(16)3-14)6-2-9(13,7(12)17)8(18)22-6/h3,5,10,14-16,19H,2,4,6-9H2,1H3;3-6,15-16,19-21H,2,13H2,1H3,(H2,12,17)/t14-,15-,16+,18+;4-,5+,6?,9?,10+,11+/m11/s1. The van der Waals surface area contributed by atoms with Gasteiger partial charge in [0.2, 0.25) is 11.0 Å². The third kappa shape index (κ3) is 5.10. The number of benzene rings is 1. The summed E-state index contributed by atoms with van der Waals surface area (Å²) < 4.78 is 0. The molecule has 1 amide bonds. The first kappa shape index (κ1) is 32.9. The first-order chi connectivity index (χ1) is 19.4. The summed E-state index contributed by atoms with van der Waals surface area (Å²) in [7, 11) is 0. The number of fused-ring (bicyclic) bond motifs is 5. The van der Waals surface area contributed by atoms with Gasteiger partial charge < -0.3 is 41.8 Å². The van der Waals surface area contributed by atoms with Crippen LogP contribution in [0.4, 0.5) is 0 Å². The van der Waals surface area contributed by atoms with Gasteiger partial charge in [-0.2, -0.15) is 0 Å². The lowest BCUT2D eigenvalue weighted by Gasteiger charge is -2.48. The van der Waals surface area contributed by atoms with Crippen LogP contribution in [-0.2, 0) is 25.6 Å². The van der Waals surface area contributed by atoms with Crippen molar-refractivity contribution in [3.63, 3.8) is 0 Å². The van der Waals surface area contributed by atoms with Crippen LogP contribution in [0.2, 0.25) is 0 Å². The van der Waals surface area contributed by atoms with Crippen molar-refractivity contribution in [2.45, 2.75) is 98.2 Å². The molecule has 11 nitrogen and oxygen atoms in total. The number of aliphatic hydroxyl groups excluding tert-OH is 2. The highest BCUT2D eigenvalue weighted by molar-refractivity contribution is 8.15. The van der Waals surface area contributed by atoms with Crippen LogP contribution >= 0.6 is 24.4 Å². The molecule has 4 aliphatic rings. The van der Waals surface area contributed by atoms with Crippen molar-refractivity contribution in [1.29, 1.82) is 0 Å². The number of thioether (sulfide) groups is 1. The van der Waals surface area contributed by atoms with Gasteiger partial charge in [0, 0.05) is 11.8 Å². The van der Waals surface area contributed by atoms with E-state index in [0.717, 1.165) is 39.0 Å². The van der Waals surface area contributed by atoms with Crippen LogP contribution in [0.1, 0.15) is 69.4 Å². The molecule has 1 aromatic rings. The van der Waals surface area contributed by atoms with Gasteiger partial charge in [0.05, 0.1) is 11.4 Å². The van der Waals surface area contributed by atoms with E-state index in [4.69, 9.17) is 11.5 Å². The molecule has 3 aliphatic carbocycles. The van der Waals surface area contributed by atoms with E-state index < -0.39 is 51.0 Å². The summed E-state index contributed by atoms with van der Waals surface area (Å²) in [6.45, 7) is 3.27. The number of rotatable bonds is 6. The smallest absolute Gasteiger partial charge is 0.246 e. The number of ketones is 1. The van der Waals surface area contributed by atoms with Gasteiger partial charge in [-0.25, -0.2) is 0 Å². The molecule has 42 heavy (non-hydrogen) atoms. The fourth-order valence-corrected chi connectivity index (χ4v) is 9.39. The number of primary amides is 1. The van der Waals surface area contributed by atoms with Crippen LogP contribution in [0.5, 0.6) is 5.75 Å². The monoisotopic (exact) mass is 624 g/mol. The average molecular weight is 625 g/mol. The van der Waals surface area contributed by atoms with Crippen LogP contribution in [0, 0.1) is 17.3 Å². The third-order valence-electron chi connectivity index (χ3n) is 10.2. The minimum absolute atomic E-state index is 0.0322. The van der Waals surface area contributed by atoms with E-state index in [2.05, 4.69) is 25.6 Å². The zero-order valence-electron chi connectivity index (χ0n) is 23.6. The quantitative estimate of drug-likeness (QED) is 0.0931. The van der Waals surface area contributed by atoms with Crippen molar-refractivity contribution in [2.24, 2.45) is 28.7 Å². The van der Waals surface area contributed by atoms with E-state index in [1.807, 2.05) is 12.1 Å². The van der Waals surface area contributed by atoms with Crippen molar-refractivity contribution >= 4 is 47.5 Å². The van der Waals surface area contributed by atoms with Gasteiger partial charge in [0.1, 0.15) is 23.2 Å². The SMILES string of the molecule is C[C@@H](O)[C@](O)(S)[C@@](O)(C1CC(N)(C(N)=O)C(=O)S1)[C@@H](O)C=O.C[C@]12CC[C@@H]3c4ccc(O)cc4CC[C@H]3[C@@H]1CCC2=O. The first-order valence-corrected chi connectivity index (χ1v) is 15.4. The second-order valence-electron chi connectivity index (χ2n) is 12.5. The van der Waals surface area contributed by atoms with Crippen molar-refractivity contribution < 1.29 is 44.7 Å². The second-order valence-corrected chi connectivity index (χ2v) is 14.3. The van der Waals surface area contributed by atoms with Gasteiger partial charge in [-0.05, 0) is 86.5 Å². The largest absolute Gasteiger partial charge is 0.508 e. The zero-order valence-corrected chi connectivity index (χ0v) is 25.3. The summed E-state index contributed by atoms with van der Waals surface area (Å²) in [5.41, 5.74) is 8.51. The average Bonchev–Trinajstić information content (AvgIpc) is 3.42. The number of Topliss-reactive ketones (excluding diaryl/α,β-unsaturated/α-hetero) is 1. The van der Waals surface area contributed by atoms with Crippen molar-refractivity contribution in [3.05, 3.63) is 29.3 Å². The van der Waals surface area contributed by atoms with Gasteiger partial charge in [-0.15, -0.1) is 12.6 Å². The molecule has 1 aromatic carbocycles. The van der Waals surface area contributed by atoms with Gasteiger partial charge in [0.15, 0.2) is 16.8 Å². The molecule has 1 heterocycles. The van der Waals surface area contributed by atoms with E-state index in [1.165, 1.54) is 17.5 Å². The molecule has 3 fully saturated rings. The number of nitrogens with two attached hydrogens (primary N) is 2. The van der Waals surface area contributed by atoms with Gasteiger partial charge in [0.25, 0.3) is 0 Å². The summed E-state index contributed by atoms with van der Waals surface area (Å²) in [6, 6.07) is 5.90. The number of carbonyl (C=O) groups excluding carboxylic acids is 4. The fraction of sp³-hybridized carbons (Fsp3) is 0.655. The molecule has 2 saturated carbocycles. The second kappa shape index (κ2) is 11.5. The molecule has 1 saturated heterocycles. The number of amides is 1. The number of hydrogen-bond donors (Lipinski definition) is 8. The minimum Gasteiger partial charge on any atom is -0.508 e. The number of aryl methyl sites for hydroxylation is 1. The van der Waals surface area contributed by atoms with E-state index in [-0.39, 0.29) is 11.7 Å². The number of aldehydes is 1. The summed E-state index contributed by atoms with van der Waals surface area (Å²) >= 11 is 4.07. The summed E-state index contributed by atoms with van der Waals surface area (Å²) in [4.78, 5) is 43.7. The van der Waals surface area contributed by atoms with Gasteiger partial charge in [-0.1, -0.05) is 24.8 Å². The Balaban J connectivity index is 0.000000193. The number of phenolic OH excluding ortho intramolecular Hbond substituents is 1. The number of hydrogen-bond acceptors (Lipinski definition) is 12. The molecule has 232 valence electrons. The Morgan fingerprint density at radius 3 is 2.43 bits per heavy atom. The highest BCUT2D eigenvalue weighted by Crippen LogP contribution is 2.59. The van der Waals surface area contributed by atoms with Crippen molar-refractivity contribution in [1.82, 2.24) is 0 Å². The molecule has 1 aliphatic heterocycles. The van der Waals surface area contributed by atoms with E-state index in [1.54, 1.807) is 0 Å². The number of carbonyl (C=O) groups is 4. The molecule has 9 N–H and O–H groups in total. The summed E-state index contributed by atoms with van der Waals surface area (Å²) in [5, 5.41) is 47.7. The van der Waals surface area contributed by atoms with E-state index >= 15 is 0 Å². The molecule has 2 unspecified atom stereocenters. The Hall–Kier alpha value is -2.00. The third-order valence-corrected chi connectivity index (χ3v) is 12.3. The van der Waals surface area contributed by atoms with Crippen LogP contribution < -0.4 is 11.5 Å². The predicted molar refractivity (Wildman–Crippen MR) is 157 cm³/mol. The summed E-state index contributed by atoms with van der Waals surface area (Å²) in [6.07, 6.45) is 1.80. The van der Waals surface area contributed by atoms with Crippen molar-refractivity contribution in [3.8, 4) is 5.75 Å². The highest BCUT2D eigenvalue weighted by atomic mass is 32.2. The maximum Gasteiger partial charge on any atom is 0.246 e. The normalized spacial score (nSPS) is 36.2. The lowest BCUT2D eigenvalue weighted by molar-refractivity contribution is -0.189. The number of aromatic hydroxyl groups is 1. The lowest BCUT2D eigenvalue weighted by Crippen LogP contribution is -2.68. The fourth-order valence-electron chi connectivity index (χ4n) is 7.52. The molecule has 13 heteroatoms. The molecular weight excluding hydrogens is 584 g/mol. The van der Waals surface area contributed by atoms with Crippen LogP contribution in [0.3, 0.4) is 0 Å². The molecular formula is C29H40N2O9S2. The number of phenols is 1. The van der Waals surface area contributed by atoms with E-state index in [0.29, 0.717) is 41.0 Å². The van der Waals surface area contributed by atoms with Crippen LogP contribution in [0.15, 0.2) is 18.2 Å². The van der Waals surface area contributed by atoms with Gasteiger partial charge >= 0.3 is 0 Å². The Bertz CT molecular complexity index is 1280. The Morgan fingerprint density at radius 1 is 1.19 bits per heavy atom. The Kier molecular flexibility index (Phi) is 9.00. The van der Waals surface area contributed by atoms with Crippen LogP contribution in [-0.4, -0.2) is 82.2 Å². The highest BCUT2D eigenvalue weighted by Gasteiger charge is 2.65. The van der Waals surface area contributed by atoms with E-state index in [9.17, 15) is 44.7 Å². The molecule has 10 atom stereocenters. The zero-order chi connectivity index (χ0) is 31.4. The topological polar surface area (TPSA) is 221 Å².